The predicted molar refractivity (Wildman–Crippen MR) is 118 cm³/mol. The highest BCUT2D eigenvalue weighted by molar-refractivity contribution is 8.00. The highest BCUT2D eigenvalue weighted by atomic mass is 32.2. The second-order valence-electron chi connectivity index (χ2n) is 7.06. The first-order chi connectivity index (χ1) is 13.5. The molecule has 0 unspecified atom stereocenters. The largest absolute Gasteiger partial charge is 0.465 e. The summed E-state index contributed by atoms with van der Waals surface area (Å²) in [7, 11) is 1.43. The molecule has 0 radical (unpaired) electrons. The molecule has 4 aromatic rings. The SMILES string of the molecule is COC(=O)c1cc2ccccc2c(Sc2c(C)c(C)cc3ccccc23)c1C. The number of esters is 1. The molecule has 28 heavy (non-hydrogen) atoms. The van der Waals surface area contributed by atoms with Gasteiger partial charge in [-0.2, -0.15) is 0 Å². The Balaban J connectivity index is 2.01. The van der Waals surface area contributed by atoms with Crippen molar-refractivity contribution in [3.8, 4) is 0 Å². The van der Waals surface area contributed by atoms with Gasteiger partial charge in [0.15, 0.2) is 0 Å². The van der Waals surface area contributed by atoms with Crippen LogP contribution in [0.15, 0.2) is 70.5 Å². The number of ether oxygens (including phenoxy) is 1. The van der Waals surface area contributed by atoms with Gasteiger partial charge in [-0.3, -0.25) is 0 Å². The van der Waals surface area contributed by atoms with Gasteiger partial charge in [-0.15, -0.1) is 0 Å². The Morgan fingerprint density at radius 2 is 1.32 bits per heavy atom. The molecule has 3 heteroatoms. The molecular weight excluding hydrogens is 364 g/mol. The molecule has 0 spiro atoms. The van der Waals surface area contributed by atoms with Crippen molar-refractivity contribution in [3.63, 3.8) is 0 Å². The number of benzene rings is 4. The molecule has 0 aliphatic carbocycles. The fraction of sp³-hybridized carbons (Fsp3) is 0.160. The topological polar surface area (TPSA) is 26.3 Å². The lowest BCUT2D eigenvalue weighted by Crippen LogP contribution is -2.05. The molecule has 0 saturated heterocycles. The number of hydrogen-bond acceptors (Lipinski definition) is 3. The average Bonchev–Trinajstić information content (AvgIpc) is 2.72. The number of fused-ring (bicyclic) bond motifs is 2. The first-order valence-corrected chi connectivity index (χ1v) is 10.1. The zero-order valence-corrected chi connectivity index (χ0v) is 17.3. The quantitative estimate of drug-likeness (QED) is 0.360. The Bertz CT molecular complexity index is 1220. The number of methoxy groups -OCH3 is 1. The minimum Gasteiger partial charge on any atom is -0.465 e. The van der Waals surface area contributed by atoms with E-state index in [2.05, 4.69) is 50.2 Å². The molecular formula is C25H22O2S. The molecule has 0 aromatic heterocycles. The molecule has 0 aliphatic rings. The Kier molecular flexibility index (Phi) is 4.86. The molecule has 2 nitrogen and oxygen atoms in total. The first kappa shape index (κ1) is 18.6. The summed E-state index contributed by atoms with van der Waals surface area (Å²) in [5, 5.41) is 4.68. The van der Waals surface area contributed by atoms with Crippen LogP contribution in [0.25, 0.3) is 21.5 Å². The summed E-state index contributed by atoms with van der Waals surface area (Å²) in [4.78, 5) is 14.7. The van der Waals surface area contributed by atoms with Crippen LogP contribution in [0.4, 0.5) is 0 Å². The van der Waals surface area contributed by atoms with Gasteiger partial charge in [0.05, 0.1) is 12.7 Å². The van der Waals surface area contributed by atoms with Gasteiger partial charge in [0, 0.05) is 9.79 Å². The van der Waals surface area contributed by atoms with Crippen LogP contribution in [0, 0.1) is 20.8 Å². The van der Waals surface area contributed by atoms with E-state index in [1.54, 1.807) is 11.8 Å². The van der Waals surface area contributed by atoms with E-state index < -0.39 is 0 Å². The van der Waals surface area contributed by atoms with Crippen LogP contribution in [-0.2, 0) is 4.74 Å². The summed E-state index contributed by atoms with van der Waals surface area (Å²) in [6, 6.07) is 20.9. The van der Waals surface area contributed by atoms with Crippen LogP contribution in [-0.4, -0.2) is 13.1 Å². The van der Waals surface area contributed by atoms with Gasteiger partial charge in [-0.05, 0) is 65.1 Å². The standard InChI is InChI=1S/C25H22O2S/c1-15-13-18-9-5-7-11-20(18)23(16(15)2)28-24-17(3)22(25(26)27-4)14-19-10-6-8-12-21(19)24/h5-14H,1-4H3. The van der Waals surface area contributed by atoms with Crippen LogP contribution in [0.3, 0.4) is 0 Å². The maximum Gasteiger partial charge on any atom is 0.338 e. The lowest BCUT2D eigenvalue weighted by atomic mass is 10.0. The molecule has 4 rings (SSSR count). The van der Waals surface area contributed by atoms with Gasteiger partial charge >= 0.3 is 5.97 Å². The third kappa shape index (κ3) is 3.06. The maximum atomic E-state index is 12.4. The predicted octanol–water partition coefficient (Wildman–Crippen LogP) is 6.86. The third-order valence-corrected chi connectivity index (χ3v) is 6.83. The number of carbonyl (C=O) groups excluding carboxylic acids is 1. The Morgan fingerprint density at radius 1 is 0.786 bits per heavy atom. The molecule has 0 heterocycles. The van der Waals surface area contributed by atoms with Crippen molar-refractivity contribution in [3.05, 3.63) is 82.9 Å². The van der Waals surface area contributed by atoms with Gasteiger partial charge < -0.3 is 4.74 Å². The summed E-state index contributed by atoms with van der Waals surface area (Å²) < 4.78 is 5.04. The van der Waals surface area contributed by atoms with E-state index >= 15 is 0 Å². The van der Waals surface area contributed by atoms with Crippen LogP contribution in [0.1, 0.15) is 27.0 Å². The highest BCUT2D eigenvalue weighted by Crippen LogP contribution is 2.43. The third-order valence-electron chi connectivity index (χ3n) is 5.37. The van der Waals surface area contributed by atoms with Gasteiger partial charge in [-0.25, -0.2) is 4.79 Å². The van der Waals surface area contributed by atoms with E-state index in [4.69, 9.17) is 4.74 Å². The normalized spacial score (nSPS) is 11.1. The van der Waals surface area contributed by atoms with E-state index in [1.165, 1.54) is 33.9 Å². The monoisotopic (exact) mass is 386 g/mol. The molecule has 4 aromatic carbocycles. The summed E-state index contributed by atoms with van der Waals surface area (Å²) >= 11 is 1.75. The van der Waals surface area contributed by atoms with Crippen molar-refractivity contribution >= 4 is 39.3 Å². The average molecular weight is 387 g/mol. The summed E-state index contributed by atoms with van der Waals surface area (Å²) in [5.41, 5.74) is 4.13. The Morgan fingerprint density at radius 3 is 1.93 bits per heavy atom. The Labute approximate surface area is 169 Å². The van der Waals surface area contributed by atoms with Crippen molar-refractivity contribution in [1.82, 2.24) is 0 Å². The first-order valence-electron chi connectivity index (χ1n) is 9.28. The molecule has 0 amide bonds. The Hall–Kier alpha value is -2.78. The zero-order valence-electron chi connectivity index (χ0n) is 16.5. The van der Waals surface area contributed by atoms with Crippen molar-refractivity contribution < 1.29 is 9.53 Å². The lowest BCUT2D eigenvalue weighted by Gasteiger charge is -2.17. The van der Waals surface area contributed by atoms with Crippen molar-refractivity contribution in [1.29, 1.82) is 0 Å². The molecule has 0 N–H and O–H groups in total. The van der Waals surface area contributed by atoms with Crippen LogP contribution in [0.5, 0.6) is 0 Å². The fourth-order valence-corrected chi connectivity index (χ4v) is 5.03. The fourth-order valence-electron chi connectivity index (χ4n) is 3.66. The van der Waals surface area contributed by atoms with Crippen LogP contribution < -0.4 is 0 Å². The van der Waals surface area contributed by atoms with E-state index in [1.807, 2.05) is 31.2 Å². The van der Waals surface area contributed by atoms with Crippen molar-refractivity contribution in [2.75, 3.05) is 7.11 Å². The van der Waals surface area contributed by atoms with E-state index in [0.29, 0.717) is 5.56 Å². The van der Waals surface area contributed by atoms with Gasteiger partial charge in [-0.1, -0.05) is 66.4 Å². The summed E-state index contributed by atoms with van der Waals surface area (Å²) in [6.07, 6.45) is 0. The second-order valence-corrected chi connectivity index (χ2v) is 8.08. The smallest absolute Gasteiger partial charge is 0.338 e. The molecule has 0 fully saturated rings. The van der Waals surface area contributed by atoms with Gasteiger partial charge in [0.1, 0.15) is 0 Å². The van der Waals surface area contributed by atoms with Gasteiger partial charge in [0.25, 0.3) is 0 Å². The maximum absolute atomic E-state index is 12.4. The zero-order chi connectivity index (χ0) is 19.8. The number of rotatable bonds is 3. The van der Waals surface area contributed by atoms with Crippen LogP contribution in [0.2, 0.25) is 0 Å². The lowest BCUT2D eigenvalue weighted by molar-refractivity contribution is 0.0600. The van der Waals surface area contributed by atoms with E-state index in [0.717, 1.165) is 21.2 Å². The number of carbonyl (C=O) groups is 1. The van der Waals surface area contributed by atoms with Crippen LogP contribution >= 0.6 is 11.8 Å². The highest BCUT2D eigenvalue weighted by Gasteiger charge is 2.18. The van der Waals surface area contributed by atoms with E-state index in [-0.39, 0.29) is 5.97 Å². The summed E-state index contributed by atoms with van der Waals surface area (Å²) in [6.45, 7) is 6.34. The second kappa shape index (κ2) is 7.33. The van der Waals surface area contributed by atoms with Gasteiger partial charge in [0.2, 0.25) is 0 Å². The molecule has 140 valence electrons. The van der Waals surface area contributed by atoms with Crippen molar-refractivity contribution in [2.45, 2.75) is 30.6 Å². The molecule has 0 bridgehead atoms. The number of hydrogen-bond donors (Lipinski definition) is 0. The van der Waals surface area contributed by atoms with E-state index in [9.17, 15) is 4.79 Å². The molecule has 0 atom stereocenters. The molecule has 0 aliphatic heterocycles. The number of aryl methyl sites for hydroxylation is 1. The van der Waals surface area contributed by atoms with Crippen molar-refractivity contribution in [2.24, 2.45) is 0 Å². The minimum atomic E-state index is -0.295. The molecule has 0 saturated carbocycles. The summed E-state index contributed by atoms with van der Waals surface area (Å²) in [5.74, 6) is -0.295. The minimum absolute atomic E-state index is 0.295.